The molecule has 6 nitrogen and oxygen atoms in total. The van der Waals surface area contributed by atoms with E-state index in [1.54, 1.807) is 26.4 Å². The van der Waals surface area contributed by atoms with Crippen molar-refractivity contribution in [2.24, 2.45) is 0 Å². The van der Waals surface area contributed by atoms with Crippen molar-refractivity contribution in [3.8, 4) is 0 Å². The van der Waals surface area contributed by atoms with E-state index < -0.39 is 10.0 Å². The molecule has 0 spiro atoms. The molecule has 0 bridgehead atoms. The van der Waals surface area contributed by atoms with Crippen molar-refractivity contribution in [3.63, 3.8) is 0 Å². The largest absolute Gasteiger partial charge is 0.384 e. The average molecular weight is 316 g/mol. The number of ether oxygens (including phenoxy) is 2. The van der Waals surface area contributed by atoms with Gasteiger partial charge in [0, 0.05) is 33.9 Å². The summed E-state index contributed by atoms with van der Waals surface area (Å²) >= 11 is 0. The molecule has 1 aromatic carbocycles. The van der Waals surface area contributed by atoms with Gasteiger partial charge in [-0.3, -0.25) is 0 Å². The Bertz CT molecular complexity index is 488. The summed E-state index contributed by atoms with van der Waals surface area (Å²) < 4.78 is 36.6. The molecule has 7 heteroatoms. The number of sulfonamides is 1. The first-order valence-corrected chi connectivity index (χ1v) is 8.35. The highest BCUT2D eigenvalue weighted by Crippen LogP contribution is 2.10. The second-order valence-corrected chi connectivity index (χ2v) is 6.29. The number of hydrogen-bond donors (Lipinski definition) is 2. The SMILES string of the molecule is COCCNCCNS(=O)(=O)c1ccc(CCOC)cc1. The van der Waals surface area contributed by atoms with Crippen LogP contribution < -0.4 is 10.0 Å². The Morgan fingerprint density at radius 3 is 2.24 bits per heavy atom. The molecule has 0 saturated heterocycles. The zero-order valence-electron chi connectivity index (χ0n) is 12.6. The fourth-order valence-corrected chi connectivity index (χ4v) is 2.74. The first kappa shape index (κ1) is 18.1. The Kier molecular flexibility index (Phi) is 8.48. The molecule has 0 aliphatic carbocycles. The van der Waals surface area contributed by atoms with E-state index >= 15 is 0 Å². The van der Waals surface area contributed by atoms with Gasteiger partial charge in [-0.15, -0.1) is 0 Å². The number of rotatable bonds is 11. The highest BCUT2D eigenvalue weighted by molar-refractivity contribution is 7.89. The number of benzene rings is 1. The molecule has 0 saturated carbocycles. The van der Waals surface area contributed by atoms with E-state index in [4.69, 9.17) is 9.47 Å². The Labute approximate surface area is 126 Å². The van der Waals surface area contributed by atoms with Gasteiger partial charge in [0.1, 0.15) is 0 Å². The number of hydrogen-bond acceptors (Lipinski definition) is 5. The summed E-state index contributed by atoms with van der Waals surface area (Å²) in [5.74, 6) is 0. The minimum absolute atomic E-state index is 0.278. The molecule has 1 aromatic rings. The van der Waals surface area contributed by atoms with Crippen LogP contribution in [0, 0.1) is 0 Å². The molecule has 0 atom stereocenters. The van der Waals surface area contributed by atoms with Crippen LogP contribution in [-0.2, 0) is 25.9 Å². The van der Waals surface area contributed by atoms with Crippen molar-refractivity contribution in [3.05, 3.63) is 29.8 Å². The van der Waals surface area contributed by atoms with Crippen LogP contribution in [0.4, 0.5) is 0 Å². The van der Waals surface area contributed by atoms with Crippen LogP contribution in [0.1, 0.15) is 5.56 Å². The standard InChI is InChI=1S/C14H24N2O4S/c1-19-11-7-13-3-5-14(6-4-13)21(17,18)16-9-8-15-10-12-20-2/h3-6,15-16H,7-12H2,1-2H3. The molecule has 2 N–H and O–H groups in total. The quantitative estimate of drug-likeness (QED) is 0.578. The molecule has 0 radical (unpaired) electrons. The van der Waals surface area contributed by atoms with Crippen LogP contribution in [0.25, 0.3) is 0 Å². The molecule has 0 amide bonds. The van der Waals surface area contributed by atoms with Gasteiger partial charge in [0.05, 0.1) is 18.1 Å². The molecule has 0 fully saturated rings. The van der Waals surface area contributed by atoms with Crippen LogP contribution in [0.5, 0.6) is 0 Å². The second kappa shape index (κ2) is 9.86. The van der Waals surface area contributed by atoms with Gasteiger partial charge in [-0.1, -0.05) is 12.1 Å². The summed E-state index contributed by atoms with van der Waals surface area (Å²) in [6, 6.07) is 6.85. The predicted molar refractivity (Wildman–Crippen MR) is 82.0 cm³/mol. The number of nitrogens with one attached hydrogen (secondary N) is 2. The fourth-order valence-electron chi connectivity index (χ4n) is 1.71. The lowest BCUT2D eigenvalue weighted by Gasteiger charge is -2.08. The van der Waals surface area contributed by atoms with Crippen molar-refractivity contribution in [1.29, 1.82) is 0 Å². The van der Waals surface area contributed by atoms with Crippen LogP contribution >= 0.6 is 0 Å². The maximum absolute atomic E-state index is 12.1. The molecule has 0 unspecified atom stereocenters. The zero-order valence-corrected chi connectivity index (χ0v) is 13.4. The van der Waals surface area contributed by atoms with E-state index in [0.29, 0.717) is 32.8 Å². The van der Waals surface area contributed by atoms with Crippen LogP contribution in [0.15, 0.2) is 29.2 Å². The van der Waals surface area contributed by atoms with Gasteiger partial charge in [-0.25, -0.2) is 13.1 Å². The normalized spacial score (nSPS) is 11.7. The second-order valence-electron chi connectivity index (χ2n) is 4.53. The van der Waals surface area contributed by atoms with E-state index in [2.05, 4.69) is 10.0 Å². The average Bonchev–Trinajstić information content (AvgIpc) is 2.49. The highest BCUT2D eigenvalue weighted by Gasteiger charge is 2.12. The molecule has 21 heavy (non-hydrogen) atoms. The van der Waals surface area contributed by atoms with E-state index in [1.807, 2.05) is 12.1 Å². The molecule has 0 aliphatic rings. The predicted octanol–water partition coefficient (Wildman–Crippen LogP) is 0.390. The summed E-state index contributed by atoms with van der Waals surface area (Å²) in [4.78, 5) is 0.278. The van der Waals surface area contributed by atoms with Gasteiger partial charge in [0.25, 0.3) is 0 Å². The first-order valence-electron chi connectivity index (χ1n) is 6.87. The van der Waals surface area contributed by atoms with Gasteiger partial charge in [0.15, 0.2) is 0 Å². The lowest BCUT2D eigenvalue weighted by Crippen LogP contribution is -2.33. The molecule has 1 rings (SSSR count). The molecular formula is C14H24N2O4S. The monoisotopic (exact) mass is 316 g/mol. The molecule has 120 valence electrons. The van der Waals surface area contributed by atoms with E-state index in [1.165, 1.54) is 0 Å². The van der Waals surface area contributed by atoms with E-state index in [-0.39, 0.29) is 4.90 Å². The van der Waals surface area contributed by atoms with Gasteiger partial charge < -0.3 is 14.8 Å². The molecular weight excluding hydrogens is 292 g/mol. The van der Waals surface area contributed by atoms with E-state index in [0.717, 1.165) is 12.0 Å². The van der Waals surface area contributed by atoms with Crippen molar-refractivity contribution in [2.45, 2.75) is 11.3 Å². The zero-order chi connectivity index (χ0) is 15.6. The number of methoxy groups -OCH3 is 2. The summed E-state index contributed by atoms with van der Waals surface area (Å²) in [5.41, 5.74) is 1.05. The first-order chi connectivity index (χ1) is 10.1. The maximum atomic E-state index is 12.1. The Hall–Kier alpha value is -0.990. The third kappa shape index (κ3) is 7.01. The van der Waals surface area contributed by atoms with Crippen LogP contribution in [0.3, 0.4) is 0 Å². The summed E-state index contributed by atoms with van der Waals surface area (Å²) in [7, 11) is -0.175. The Morgan fingerprint density at radius 1 is 0.952 bits per heavy atom. The fraction of sp³-hybridized carbons (Fsp3) is 0.571. The lowest BCUT2D eigenvalue weighted by atomic mass is 10.2. The summed E-state index contributed by atoms with van der Waals surface area (Å²) in [5, 5.41) is 3.08. The van der Waals surface area contributed by atoms with Gasteiger partial charge >= 0.3 is 0 Å². The molecule has 0 aromatic heterocycles. The van der Waals surface area contributed by atoms with Gasteiger partial charge in [-0.2, -0.15) is 0 Å². The highest BCUT2D eigenvalue weighted by atomic mass is 32.2. The summed E-state index contributed by atoms with van der Waals surface area (Å²) in [6.45, 7) is 2.84. The van der Waals surface area contributed by atoms with Crippen molar-refractivity contribution in [1.82, 2.24) is 10.0 Å². The molecule has 0 aliphatic heterocycles. The van der Waals surface area contributed by atoms with Gasteiger partial charge in [-0.05, 0) is 24.1 Å². The minimum Gasteiger partial charge on any atom is -0.384 e. The Balaban J connectivity index is 2.42. The van der Waals surface area contributed by atoms with Crippen molar-refractivity contribution < 1.29 is 17.9 Å². The Morgan fingerprint density at radius 2 is 1.62 bits per heavy atom. The van der Waals surface area contributed by atoms with E-state index in [9.17, 15) is 8.42 Å². The minimum atomic E-state index is -3.44. The van der Waals surface area contributed by atoms with Crippen molar-refractivity contribution in [2.75, 3.05) is 47.1 Å². The summed E-state index contributed by atoms with van der Waals surface area (Å²) in [6.07, 6.45) is 0.772. The smallest absolute Gasteiger partial charge is 0.240 e. The van der Waals surface area contributed by atoms with Crippen LogP contribution in [0.2, 0.25) is 0 Å². The maximum Gasteiger partial charge on any atom is 0.240 e. The molecule has 0 heterocycles. The van der Waals surface area contributed by atoms with Crippen LogP contribution in [-0.4, -0.2) is 55.5 Å². The third-order valence-corrected chi connectivity index (χ3v) is 4.38. The van der Waals surface area contributed by atoms with Crippen molar-refractivity contribution >= 4 is 10.0 Å². The lowest BCUT2D eigenvalue weighted by molar-refractivity contribution is 0.199. The topological polar surface area (TPSA) is 76.7 Å². The third-order valence-electron chi connectivity index (χ3n) is 2.91. The van der Waals surface area contributed by atoms with Gasteiger partial charge in [0.2, 0.25) is 10.0 Å².